The predicted molar refractivity (Wildman–Crippen MR) is 69.6 cm³/mol. The third-order valence-corrected chi connectivity index (χ3v) is 2.57. The van der Waals surface area contributed by atoms with Gasteiger partial charge in [0.25, 0.3) is 0 Å². The molecular weight excluding hydrogens is 273 g/mol. The fraction of sp³-hybridized carbons (Fsp3) is 0.545. The number of fused-ring (bicyclic) bond motifs is 1. The summed E-state index contributed by atoms with van der Waals surface area (Å²) in [5.41, 5.74) is 0.536. The molecule has 0 bridgehead atoms. The number of halogens is 3. The number of nitrogens with zero attached hydrogens (tertiary/aromatic N) is 3. The Bertz CT molecular complexity index is 565. The second kappa shape index (κ2) is 5.93. The highest BCUT2D eigenvalue weighted by Crippen LogP contribution is 2.23. The van der Waals surface area contributed by atoms with Crippen molar-refractivity contribution in [1.82, 2.24) is 20.2 Å². The lowest BCUT2D eigenvalue weighted by atomic mass is 10.3. The number of anilines is 2. The molecule has 0 spiro atoms. The van der Waals surface area contributed by atoms with Crippen molar-refractivity contribution in [2.24, 2.45) is 0 Å². The molecule has 0 saturated carbocycles. The van der Waals surface area contributed by atoms with E-state index in [0.29, 0.717) is 29.3 Å². The molecule has 2 aromatic rings. The molecule has 0 aliphatic heterocycles. The second-order valence-corrected chi connectivity index (χ2v) is 4.20. The third-order valence-electron chi connectivity index (χ3n) is 2.57. The van der Waals surface area contributed by atoms with E-state index in [1.54, 1.807) is 0 Å². The van der Waals surface area contributed by atoms with Gasteiger partial charge >= 0.3 is 6.18 Å². The van der Waals surface area contributed by atoms with Gasteiger partial charge in [-0.3, -0.25) is 5.10 Å². The van der Waals surface area contributed by atoms with Gasteiger partial charge in [-0.2, -0.15) is 28.2 Å². The van der Waals surface area contributed by atoms with Gasteiger partial charge in [-0.15, -0.1) is 0 Å². The fourth-order valence-corrected chi connectivity index (χ4v) is 1.70. The Balaban J connectivity index is 2.06. The lowest BCUT2D eigenvalue weighted by Crippen LogP contribution is -2.12. The van der Waals surface area contributed by atoms with Crippen LogP contribution in [0.4, 0.5) is 24.9 Å². The van der Waals surface area contributed by atoms with E-state index in [1.807, 2.05) is 6.92 Å². The van der Waals surface area contributed by atoms with Gasteiger partial charge in [0.05, 0.1) is 11.6 Å². The smallest absolute Gasteiger partial charge is 0.369 e. The molecule has 0 radical (unpaired) electrons. The molecule has 0 aliphatic carbocycles. The van der Waals surface area contributed by atoms with E-state index in [4.69, 9.17) is 0 Å². The van der Waals surface area contributed by atoms with E-state index in [2.05, 4.69) is 30.8 Å². The summed E-state index contributed by atoms with van der Waals surface area (Å²) in [7, 11) is 0. The fourth-order valence-electron chi connectivity index (χ4n) is 1.70. The Morgan fingerprint density at radius 1 is 1.25 bits per heavy atom. The van der Waals surface area contributed by atoms with Crippen LogP contribution < -0.4 is 10.6 Å². The van der Waals surface area contributed by atoms with Crippen molar-refractivity contribution in [3.05, 3.63) is 6.20 Å². The molecule has 0 saturated heterocycles. The largest absolute Gasteiger partial charge is 0.389 e. The van der Waals surface area contributed by atoms with Crippen molar-refractivity contribution >= 4 is 22.8 Å². The highest BCUT2D eigenvalue weighted by Gasteiger charge is 2.25. The average Bonchev–Trinajstić information content (AvgIpc) is 2.82. The molecule has 0 aliphatic rings. The van der Waals surface area contributed by atoms with E-state index in [-0.39, 0.29) is 13.0 Å². The lowest BCUT2D eigenvalue weighted by molar-refractivity contribution is -0.134. The SMILES string of the molecule is CCNc1nc(NCCCC(F)(F)F)c2cn[nH]c2n1. The van der Waals surface area contributed by atoms with Crippen molar-refractivity contribution < 1.29 is 13.2 Å². The third kappa shape index (κ3) is 3.72. The van der Waals surface area contributed by atoms with Crippen LogP contribution in [0.15, 0.2) is 6.20 Å². The maximum atomic E-state index is 12.1. The number of alkyl halides is 3. The molecule has 0 aromatic carbocycles. The van der Waals surface area contributed by atoms with Crippen molar-refractivity contribution in [3.63, 3.8) is 0 Å². The molecule has 110 valence electrons. The van der Waals surface area contributed by atoms with Gasteiger partial charge in [0.1, 0.15) is 5.82 Å². The Morgan fingerprint density at radius 3 is 2.75 bits per heavy atom. The first kappa shape index (κ1) is 14.4. The zero-order valence-electron chi connectivity index (χ0n) is 10.9. The van der Waals surface area contributed by atoms with E-state index >= 15 is 0 Å². The number of H-pyrrole nitrogens is 1. The van der Waals surface area contributed by atoms with Crippen LogP contribution in [0.2, 0.25) is 0 Å². The Hall–Kier alpha value is -2.06. The van der Waals surface area contributed by atoms with Crippen molar-refractivity contribution in [1.29, 1.82) is 0 Å². The Morgan fingerprint density at radius 2 is 2.05 bits per heavy atom. The summed E-state index contributed by atoms with van der Waals surface area (Å²) in [6.07, 6.45) is -3.42. The van der Waals surface area contributed by atoms with Gasteiger partial charge in [0, 0.05) is 19.5 Å². The minimum Gasteiger partial charge on any atom is -0.369 e. The molecule has 6 nitrogen and oxygen atoms in total. The molecule has 0 fully saturated rings. The Labute approximate surface area is 113 Å². The monoisotopic (exact) mass is 288 g/mol. The molecule has 0 amide bonds. The number of aromatic nitrogens is 4. The topological polar surface area (TPSA) is 78.5 Å². The first-order valence-electron chi connectivity index (χ1n) is 6.25. The summed E-state index contributed by atoms with van der Waals surface area (Å²) < 4.78 is 36.2. The lowest BCUT2D eigenvalue weighted by Gasteiger charge is -2.10. The molecule has 2 heterocycles. The van der Waals surface area contributed by atoms with Crippen LogP contribution in [0.5, 0.6) is 0 Å². The van der Waals surface area contributed by atoms with Crippen LogP contribution in [0, 0.1) is 0 Å². The van der Waals surface area contributed by atoms with E-state index in [1.165, 1.54) is 6.20 Å². The molecule has 3 N–H and O–H groups in total. The maximum absolute atomic E-state index is 12.1. The van der Waals surface area contributed by atoms with E-state index in [0.717, 1.165) is 0 Å². The standard InChI is InChI=1S/C11H15F3N6/c1-2-15-10-18-8(7-6-17-20-9(7)19-10)16-5-3-4-11(12,13)14/h6H,2-5H2,1H3,(H3,15,16,17,18,19,20). The summed E-state index contributed by atoms with van der Waals surface area (Å²) >= 11 is 0. The predicted octanol–water partition coefficient (Wildman–Crippen LogP) is 2.54. The van der Waals surface area contributed by atoms with Gasteiger partial charge in [0.2, 0.25) is 5.95 Å². The average molecular weight is 288 g/mol. The van der Waals surface area contributed by atoms with Gasteiger partial charge in [0.15, 0.2) is 5.65 Å². The summed E-state index contributed by atoms with van der Waals surface area (Å²) in [6.45, 7) is 2.73. The van der Waals surface area contributed by atoms with Gasteiger partial charge < -0.3 is 10.6 Å². The van der Waals surface area contributed by atoms with Gasteiger partial charge in [-0.05, 0) is 13.3 Å². The van der Waals surface area contributed by atoms with Crippen LogP contribution in [-0.4, -0.2) is 39.4 Å². The highest BCUT2D eigenvalue weighted by molar-refractivity contribution is 5.86. The van der Waals surface area contributed by atoms with Gasteiger partial charge in [-0.25, -0.2) is 0 Å². The van der Waals surface area contributed by atoms with Crippen molar-refractivity contribution in [2.45, 2.75) is 25.9 Å². The summed E-state index contributed by atoms with van der Waals surface area (Å²) in [5, 5.41) is 13.1. The quantitative estimate of drug-likeness (QED) is 0.712. The van der Waals surface area contributed by atoms with Crippen LogP contribution in [-0.2, 0) is 0 Å². The second-order valence-electron chi connectivity index (χ2n) is 4.20. The maximum Gasteiger partial charge on any atom is 0.389 e. The molecule has 0 atom stereocenters. The van der Waals surface area contributed by atoms with Crippen LogP contribution in [0.25, 0.3) is 11.0 Å². The minimum atomic E-state index is -4.13. The number of aromatic amines is 1. The van der Waals surface area contributed by atoms with E-state index < -0.39 is 12.6 Å². The zero-order valence-corrected chi connectivity index (χ0v) is 10.9. The van der Waals surface area contributed by atoms with E-state index in [9.17, 15) is 13.2 Å². The first-order chi connectivity index (χ1) is 9.49. The number of hydrogen-bond donors (Lipinski definition) is 3. The Kier molecular flexibility index (Phi) is 4.26. The highest BCUT2D eigenvalue weighted by atomic mass is 19.4. The van der Waals surface area contributed by atoms with Crippen molar-refractivity contribution in [2.75, 3.05) is 23.7 Å². The van der Waals surface area contributed by atoms with Crippen molar-refractivity contribution in [3.8, 4) is 0 Å². The molecule has 20 heavy (non-hydrogen) atoms. The summed E-state index contributed by atoms with van der Waals surface area (Å²) in [4.78, 5) is 8.42. The number of hydrogen-bond acceptors (Lipinski definition) is 5. The molecular formula is C11H15F3N6. The number of nitrogens with one attached hydrogen (secondary N) is 3. The molecule has 9 heteroatoms. The van der Waals surface area contributed by atoms with Crippen LogP contribution in [0.1, 0.15) is 19.8 Å². The molecule has 2 rings (SSSR count). The van der Waals surface area contributed by atoms with Gasteiger partial charge in [-0.1, -0.05) is 0 Å². The first-order valence-corrected chi connectivity index (χ1v) is 6.25. The minimum absolute atomic E-state index is 0.0105. The number of rotatable bonds is 6. The summed E-state index contributed by atoms with van der Waals surface area (Å²) in [6, 6.07) is 0. The normalized spacial score (nSPS) is 11.8. The molecule has 0 unspecified atom stereocenters. The van der Waals surface area contributed by atoms with Crippen LogP contribution >= 0.6 is 0 Å². The van der Waals surface area contributed by atoms with Crippen LogP contribution in [0.3, 0.4) is 0 Å². The zero-order chi connectivity index (χ0) is 14.6. The molecule has 2 aromatic heterocycles. The summed E-state index contributed by atoms with van der Waals surface area (Å²) in [5.74, 6) is 0.879.